The summed E-state index contributed by atoms with van der Waals surface area (Å²) in [4.78, 5) is 25.6. The van der Waals surface area contributed by atoms with Gasteiger partial charge in [0.1, 0.15) is 12.4 Å². The second-order valence-corrected chi connectivity index (χ2v) is 8.83. The molecule has 1 unspecified atom stereocenters. The van der Waals surface area contributed by atoms with Gasteiger partial charge in [-0.1, -0.05) is 25.0 Å². The molecule has 0 aromatic heterocycles. The number of nitrogens with zero attached hydrogens (tertiary/aromatic N) is 1. The Labute approximate surface area is 205 Å². The number of urea groups is 1. The van der Waals surface area contributed by atoms with Crippen molar-refractivity contribution in [3.8, 4) is 5.75 Å². The van der Waals surface area contributed by atoms with Crippen molar-refractivity contribution in [2.24, 2.45) is 0 Å². The Morgan fingerprint density at radius 3 is 2.40 bits per heavy atom. The second kappa shape index (κ2) is 14.8. The van der Waals surface area contributed by atoms with Gasteiger partial charge in [0.05, 0.1) is 19.8 Å². The number of hydrogen-bond donors (Lipinski definition) is 2. The number of carboxylic acid groups (broad SMARTS) is 1. The Bertz CT molecular complexity index is 766. The third-order valence-corrected chi connectivity index (χ3v) is 5.78. The summed E-state index contributed by atoms with van der Waals surface area (Å²) < 4.78 is 42.2. The first-order chi connectivity index (χ1) is 16.7. The Hall–Kier alpha value is -2.46. The molecular weight excluding hydrogens is 462 g/mol. The highest BCUT2D eigenvalue weighted by molar-refractivity contribution is 5.74. The number of halogens is 2. The van der Waals surface area contributed by atoms with Crippen molar-refractivity contribution in [2.75, 3.05) is 39.5 Å². The van der Waals surface area contributed by atoms with E-state index in [4.69, 9.17) is 14.2 Å². The minimum atomic E-state index is -2.78. The topological polar surface area (TPSA) is 97.3 Å². The van der Waals surface area contributed by atoms with Gasteiger partial charge in [0.2, 0.25) is 5.92 Å². The average molecular weight is 501 g/mol. The van der Waals surface area contributed by atoms with Crippen LogP contribution in [0.15, 0.2) is 24.3 Å². The molecule has 0 aliphatic heterocycles. The molecule has 1 fully saturated rings. The van der Waals surface area contributed by atoms with Gasteiger partial charge < -0.3 is 29.5 Å². The van der Waals surface area contributed by atoms with E-state index in [1.165, 1.54) is 0 Å². The molecule has 2 N–H and O–H groups in total. The lowest BCUT2D eigenvalue weighted by molar-refractivity contribution is -0.149. The maximum absolute atomic E-state index is 12.9. The van der Waals surface area contributed by atoms with Crippen LogP contribution in [0.25, 0.3) is 0 Å². The minimum Gasteiger partial charge on any atom is -0.492 e. The van der Waals surface area contributed by atoms with E-state index in [-0.39, 0.29) is 51.3 Å². The average Bonchev–Trinajstić information content (AvgIpc) is 3.30. The molecule has 2 amide bonds. The Kier molecular flexibility index (Phi) is 12.2. The lowest BCUT2D eigenvalue weighted by Crippen LogP contribution is -2.46. The highest BCUT2D eigenvalue weighted by atomic mass is 19.3. The fraction of sp³-hybridized carbons (Fsp3) is 0.680. The van der Waals surface area contributed by atoms with Gasteiger partial charge in [-0.25, -0.2) is 18.4 Å². The van der Waals surface area contributed by atoms with Crippen molar-refractivity contribution >= 4 is 12.0 Å². The number of aliphatic carboxylic acids is 1. The van der Waals surface area contributed by atoms with E-state index in [2.05, 4.69) is 5.32 Å². The molecule has 8 nitrogen and oxygen atoms in total. The molecule has 0 bridgehead atoms. The van der Waals surface area contributed by atoms with Gasteiger partial charge in [0.25, 0.3) is 0 Å². The van der Waals surface area contributed by atoms with Crippen LogP contribution in [0.4, 0.5) is 13.6 Å². The van der Waals surface area contributed by atoms with Crippen molar-refractivity contribution in [1.82, 2.24) is 10.2 Å². The number of alkyl halides is 2. The summed E-state index contributed by atoms with van der Waals surface area (Å²) in [5.74, 6) is -3.19. The zero-order valence-corrected chi connectivity index (χ0v) is 20.6. The smallest absolute Gasteiger partial charge is 0.333 e. The second-order valence-electron chi connectivity index (χ2n) is 8.83. The standard InChI is InChI=1S/C25H38F2N2O6/c1-3-34-22(23(30)31)18-19-8-10-21(11-9-19)35-17-14-29(13-16-33-15-12-25(2,26)27)24(32)28-20-6-4-5-7-20/h8-11,20,22H,3-7,12-18H2,1-2H3,(H,28,32)(H,30,31). The van der Waals surface area contributed by atoms with Crippen molar-refractivity contribution in [2.45, 2.75) is 70.4 Å². The van der Waals surface area contributed by atoms with Crippen molar-refractivity contribution < 1.29 is 37.7 Å². The monoisotopic (exact) mass is 500 g/mol. The van der Waals surface area contributed by atoms with E-state index in [0.717, 1.165) is 38.2 Å². The third kappa shape index (κ3) is 11.7. The van der Waals surface area contributed by atoms with Crippen LogP contribution < -0.4 is 10.1 Å². The molecule has 10 heteroatoms. The number of nitrogens with one attached hydrogen (secondary N) is 1. The molecule has 198 valence electrons. The number of ether oxygens (including phenoxy) is 3. The summed E-state index contributed by atoms with van der Waals surface area (Å²) in [5, 5.41) is 12.3. The number of rotatable bonds is 16. The van der Waals surface area contributed by atoms with E-state index in [1.54, 1.807) is 36.1 Å². The normalized spacial score (nSPS) is 15.1. The molecule has 1 atom stereocenters. The minimum absolute atomic E-state index is 0.0730. The zero-order chi connectivity index (χ0) is 25.7. The Balaban J connectivity index is 1.83. The van der Waals surface area contributed by atoms with Crippen molar-refractivity contribution in [3.63, 3.8) is 0 Å². The number of benzene rings is 1. The maximum atomic E-state index is 12.9. The summed E-state index contributed by atoms with van der Waals surface area (Å²) in [5.41, 5.74) is 0.811. The Morgan fingerprint density at radius 2 is 1.80 bits per heavy atom. The van der Waals surface area contributed by atoms with E-state index < -0.39 is 18.0 Å². The molecule has 0 spiro atoms. The first-order valence-electron chi connectivity index (χ1n) is 12.2. The van der Waals surface area contributed by atoms with Crippen LogP contribution in [0.2, 0.25) is 0 Å². The summed E-state index contributed by atoms with van der Waals surface area (Å²) in [7, 11) is 0. The summed E-state index contributed by atoms with van der Waals surface area (Å²) >= 11 is 0. The Morgan fingerprint density at radius 1 is 1.14 bits per heavy atom. The van der Waals surface area contributed by atoms with Crippen molar-refractivity contribution in [1.29, 1.82) is 0 Å². The van der Waals surface area contributed by atoms with Crippen LogP contribution in [0.3, 0.4) is 0 Å². The predicted molar refractivity (Wildman–Crippen MR) is 127 cm³/mol. The highest BCUT2D eigenvalue weighted by Crippen LogP contribution is 2.19. The van der Waals surface area contributed by atoms with Gasteiger partial charge >= 0.3 is 12.0 Å². The van der Waals surface area contributed by atoms with Gasteiger partial charge in [-0.15, -0.1) is 0 Å². The number of carbonyl (C=O) groups is 2. The molecule has 1 saturated carbocycles. The zero-order valence-electron chi connectivity index (χ0n) is 20.6. The summed E-state index contributed by atoms with van der Waals surface area (Å²) in [6, 6.07) is 7.01. The van der Waals surface area contributed by atoms with Gasteiger partial charge in [0, 0.05) is 32.0 Å². The lowest BCUT2D eigenvalue weighted by Gasteiger charge is -2.25. The van der Waals surface area contributed by atoms with Gasteiger partial charge in [-0.05, 0) is 44.4 Å². The molecule has 0 saturated heterocycles. The van der Waals surface area contributed by atoms with Gasteiger partial charge in [0.15, 0.2) is 6.10 Å². The van der Waals surface area contributed by atoms with E-state index in [0.29, 0.717) is 18.9 Å². The lowest BCUT2D eigenvalue weighted by atomic mass is 10.1. The van der Waals surface area contributed by atoms with Crippen LogP contribution in [-0.4, -0.2) is 79.6 Å². The number of carbonyl (C=O) groups excluding carboxylic acids is 1. The molecule has 35 heavy (non-hydrogen) atoms. The number of carboxylic acids is 1. The third-order valence-electron chi connectivity index (χ3n) is 5.78. The van der Waals surface area contributed by atoms with Crippen LogP contribution in [0.5, 0.6) is 5.75 Å². The summed E-state index contributed by atoms with van der Waals surface area (Å²) in [6.45, 7) is 3.82. The molecule has 1 aliphatic carbocycles. The first-order valence-corrected chi connectivity index (χ1v) is 12.2. The van der Waals surface area contributed by atoms with Crippen molar-refractivity contribution in [3.05, 3.63) is 29.8 Å². The first kappa shape index (κ1) is 28.8. The largest absolute Gasteiger partial charge is 0.492 e. The van der Waals surface area contributed by atoms with Gasteiger partial charge in [-0.2, -0.15) is 0 Å². The highest BCUT2D eigenvalue weighted by Gasteiger charge is 2.22. The molecular formula is C25H38F2N2O6. The van der Waals surface area contributed by atoms with Crippen LogP contribution in [0.1, 0.15) is 51.5 Å². The molecule has 1 aliphatic rings. The fourth-order valence-corrected chi connectivity index (χ4v) is 3.81. The van der Waals surface area contributed by atoms with Crippen LogP contribution in [-0.2, 0) is 20.7 Å². The van der Waals surface area contributed by atoms with E-state index in [1.807, 2.05) is 0 Å². The molecule has 1 aromatic carbocycles. The van der Waals surface area contributed by atoms with E-state index >= 15 is 0 Å². The molecule has 0 heterocycles. The maximum Gasteiger partial charge on any atom is 0.333 e. The fourth-order valence-electron chi connectivity index (χ4n) is 3.81. The predicted octanol–water partition coefficient (Wildman–Crippen LogP) is 4.11. The van der Waals surface area contributed by atoms with Crippen LogP contribution >= 0.6 is 0 Å². The number of amides is 2. The molecule has 2 rings (SSSR count). The van der Waals surface area contributed by atoms with E-state index in [9.17, 15) is 23.5 Å². The summed E-state index contributed by atoms with van der Waals surface area (Å²) in [6.07, 6.45) is 3.09. The quantitative estimate of drug-likeness (QED) is 0.332. The van der Waals surface area contributed by atoms with Crippen LogP contribution in [0, 0.1) is 0 Å². The number of hydrogen-bond acceptors (Lipinski definition) is 5. The van der Waals surface area contributed by atoms with Gasteiger partial charge in [-0.3, -0.25) is 0 Å². The SMILES string of the molecule is CCOC(Cc1ccc(OCCN(CCOCCC(C)(F)F)C(=O)NC2CCCC2)cc1)C(=O)O. The molecule has 0 radical (unpaired) electrons. The molecule has 1 aromatic rings.